The van der Waals surface area contributed by atoms with Crippen molar-refractivity contribution >= 4 is 27.3 Å². The predicted molar refractivity (Wildman–Crippen MR) is 55.6 cm³/mol. The van der Waals surface area contributed by atoms with E-state index in [-0.39, 0.29) is 0 Å². The molecule has 0 bridgehead atoms. The Balaban J connectivity index is 2.48. The molecule has 2 rings (SSSR count). The second-order valence-corrected chi connectivity index (χ2v) is 4.39. The summed E-state index contributed by atoms with van der Waals surface area (Å²) in [5.41, 5.74) is 0. The Labute approximate surface area is 88.0 Å². The molecular weight excluding hydrogens is 250 g/mol. The molecule has 0 fully saturated rings. The molecule has 2 aromatic rings. The fourth-order valence-electron chi connectivity index (χ4n) is 0.883. The van der Waals surface area contributed by atoms with Gasteiger partial charge in [-0.05, 0) is 28.9 Å². The molecule has 0 radical (unpaired) electrons. The summed E-state index contributed by atoms with van der Waals surface area (Å²) in [6.45, 7) is 2.01. The van der Waals surface area contributed by atoms with Gasteiger partial charge in [0, 0.05) is 17.3 Å². The van der Waals surface area contributed by atoms with Gasteiger partial charge in [-0.15, -0.1) is 11.3 Å². The van der Waals surface area contributed by atoms with Crippen molar-refractivity contribution in [3.63, 3.8) is 0 Å². The molecule has 0 amide bonds. The topological polar surface area (TPSA) is 38.7 Å². The zero-order valence-corrected chi connectivity index (χ0v) is 9.26. The summed E-state index contributed by atoms with van der Waals surface area (Å²) in [6, 6.07) is 1.79. The molecular formula is C8H6BrN3S. The average molecular weight is 256 g/mol. The summed E-state index contributed by atoms with van der Waals surface area (Å²) in [4.78, 5) is 13.7. The van der Waals surface area contributed by atoms with Crippen LogP contribution in [0.4, 0.5) is 0 Å². The number of halogens is 1. The number of rotatable bonds is 1. The number of thiazole rings is 1. The van der Waals surface area contributed by atoms with E-state index in [9.17, 15) is 0 Å². The maximum absolute atomic E-state index is 4.29. The van der Waals surface area contributed by atoms with Gasteiger partial charge >= 0.3 is 0 Å². The van der Waals surface area contributed by atoms with E-state index in [0.29, 0.717) is 5.82 Å². The first kappa shape index (κ1) is 8.77. The first-order chi connectivity index (χ1) is 6.27. The highest BCUT2D eigenvalue weighted by atomic mass is 79.9. The zero-order valence-electron chi connectivity index (χ0n) is 6.86. The quantitative estimate of drug-likeness (QED) is 0.787. The Morgan fingerprint density at radius 1 is 1.31 bits per heavy atom. The fourth-order valence-corrected chi connectivity index (χ4v) is 2.17. The van der Waals surface area contributed by atoms with Gasteiger partial charge in [0.05, 0.1) is 0 Å². The van der Waals surface area contributed by atoms with E-state index in [1.54, 1.807) is 29.8 Å². The van der Waals surface area contributed by atoms with Gasteiger partial charge in [-0.25, -0.2) is 15.0 Å². The number of hydrogen-bond acceptors (Lipinski definition) is 4. The van der Waals surface area contributed by atoms with Crippen LogP contribution in [0.15, 0.2) is 23.1 Å². The lowest BCUT2D eigenvalue weighted by atomic mass is 10.6. The largest absolute Gasteiger partial charge is 0.234 e. The van der Waals surface area contributed by atoms with Gasteiger partial charge in [0.15, 0.2) is 10.8 Å². The van der Waals surface area contributed by atoms with Gasteiger partial charge in [-0.1, -0.05) is 0 Å². The highest BCUT2D eigenvalue weighted by molar-refractivity contribution is 9.10. The molecule has 0 aromatic carbocycles. The zero-order chi connectivity index (χ0) is 9.26. The lowest BCUT2D eigenvalue weighted by Crippen LogP contribution is -1.84. The number of hydrogen-bond donors (Lipinski definition) is 0. The van der Waals surface area contributed by atoms with Gasteiger partial charge < -0.3 is 0 Å². The van der Waals surface area contributed by atoms with E-state index in [1.807, 2.05) is 6.92 Å². The standard InChI is InChI=1S/C8H6BrN3S/c1-5-6(9)12-8(13-5)7-10-3-2-4-11-7/h2-4H,1H3. The van der Waals surface area contributed by atoms with Crippen molar-refractivity contribution in [1.82, 2.24) is 15.0 Å². The maximum atomic E-state index is 4.29. The van der Waals surface area contributed by atoms with E-state index < -0.39 is 0 Å². The van der Waals surface area contributed by atoms with Crippen molar-refractivity contribution in [3.8, 4) is 10.8 Å². The molecule has 0 aliphatic heterocycles. The molecule has 13 heavy (non-hydrogen) atoms. The van der Waals surface area contributed by atoms with E-state index >= 15 is 0 Å². The number of aryl methyl sites for hydroxylation is 1. The summed E-state index contributed by atoms with van der Waals surface area (Å²) >= 11 is 4.94. The molecule has 0 spiro atoms. The van der Waals surface area contributed by atoms with Crippen molar-refractivity contribution in [2.45, 2.75) is 6.92 Å². The van der Waals surface area contributed by atoms with Crippen LogP contribution in [0.1, 0.15) is 4.88 Å². The Morgan fingerprint density at radius 3 is 2.54 bits per heavy atom. The normalized spacial score (nSPS) is 10.3. The van der Waals surface area contributed by atoms with Crippen molar-refractivity contribution in [2.75, 3.05) is 0 Å². The maximum Gasteiger partial charge on any atom is 0.188 e. The SMILES string of the molecule is Cc1sc(-c2ncccn2)nc1Br. The molecule has 0 N–H and O–H groups in total. The smallest absolute Gasteiger partial charge is 0.188 e. The molecule has 66 valence electrons. The molecule has 2 heterocycles. The average Bonchev–Trinajstić information content (AvgIpc) is 2.49. The first-order valence-electron chi connectivity index (χ1n) is 3.67. The molecule has 3 nitrogen and oxygen atoms in total. The number of aromatic nitrogens is 3. The fraction of sp³-hybridized carbons (Fsp3) is 0.125. The highest BCUT2D eigenvalue weighted by Crippen LogP contribution is 2.27. The van der Waals surface area contributed by atoms with Crippen LogP contribution < -0.4 is 0 Å². The van der Waals surface area contributed by atoms with E-state index in [2.05, 4.69) is 30.9 Å². The van der Waals surface area contributed by atoms with E-state index in [4.69, 9.17) is 0 Å². The summed E-state index contributed by atoms with van der Waals surface area (Å²) in [7, 11) is 0. The van der Waals surface area contributed by atoms with Gasteiger partial charge in [-0.2, -0.15) is 0 Å². The van der Waals surface area contributed by atoms with Gasteiger partial charge in [-0.3, -0.25) is 0 Å². The van der Waals surface area contributed by atoms with Crippen LogP contribution >= 0.6 is 27.3 Å². The Hall–Kier alpha value is -0.810. The second-order valence-electron chi connectivity index (χ2n) is 2.44. The Kier molecular flexibility index (Phi) is 2.37. The van der Waals surface area contributed by atoms with Crippen LogP contribution in [0.5, 0.6) is 0 Å². The summed E-state index contributed by atoms with van der Waals surface area (Å²) in [5, 5.41) is 0.852. The van der Waals surface area contributed by atoms with Gasteiger partial charge in [0.2, 0.25) is 0 Å². The highest BCUT2D eigenvalue weighted by Gasteiger charge is 2.08. The monoisotopic (exact) mass is 255 g/mol. The van der Waals surface area contributed by atoms with Gasteiger partial charge in [0.25, 0.3) is 0 Å². The Morgan fingerprint density at radius 2 is 2.00 bits per heavy atom. The minimum absolute atomic E-state index is 0.682. The van der Waals surface area contributed by atoms with Gasteiger partial charge in [0.1, 0.15) is 4.60 Å². The molecule has 0 aliphatic rings. The summed E-state index contributed by atoms with van der Waals surface area (Å²) in [5.74, 6) is 0.682. The summed E-state index contributed by atoms with van der Waals surface area (Å²) in [6.07, 6.45) is 3.43. The third-order valence-corrected chi connectivity index (χ3v) is 3.50. The lowest BCUT2D eigenvalue weighted by Gasteiger charge is -1.90. The van der Waals surface area contributed by atoms with E-state index in [0.717, 1.165) is 14.5 Å². The minimum Gasteiger partial charge on any atom is -0.234 e. The van der Waals surface area contributed by atoms with E-state index in [1.165, 1.54) is 0 Å². The van der Waals surface area contributed by atoms with Crippen LogP contribution in [-0.4, -0.2) is 15.0 Å². The molecule has 0 unspecified atom stereocenters. The third-order valence-electron chi connectivity index (χ3n) is 1.50. The molecule has 5 heteroatoms. The molecule has 0 atom stereocenters. The van der Waals surface area contributed by atoms with Crippen molar-refractivity contribution in [2.24, 2.45) is 0 Å². The van der Waals surface area contributed by atoms with Crippen molar-refractivity contribution in [3.05, 3.63) is 27.9 Å². The third kappa shape index (κ3) is 1.76. The lowest BCUT2D eigenvalue weighted by molar-refractivity contribution is 1.15. The molecule has 0 saturated carbocycles. The van der Waals surface area contributed by atoms with Crippen LogP contribution in [0.25, 0.3) is 10.8 Å². The van der Waals surface area contributed by atoms with Crippen LogP contribution in [0.2, 0.25) is 0 Å². The van der Waals surface area contributed by atoms with Crippen molar-refractivity contribution < 1.29 is 0 Å². The molecule has 2 aromatic heterocycles. The predicted octanol–water partition coefficient (Wildman–Crippen LogP) is 2.67. The van der Waals surface area contributed by atoms with Crippen LogP contribution in [0, 0.1) is 6.92 Å². The first-order valence-corrected chi connectivity index (χ1v) is 5.28. The van der Waals surface area contributed by atoms with Crippen LogP contribution in [-0.2, 0) is 0 Å². The Bertz CT molecular complexity index is 393. The number of nitrogens with zero attached hydrogens (tertiary/aromatic N) is 3. The molecule has 0 aliphatic carbocycles. The minimum atomic E-state index is 0.682. The van der Waals surface area contributed by atoms with Crippen molar-refractivity contribution in [1.29, 1.82) is 0 Å². The second kappa shape index (κ2) is 3.51. The summed E-state index contributed by atoms with van der Waals surface area (Å²) < 4.78 is 0.875. The van der Waals surface area contributed by atoms with Crippen LogP contribution in [0.3, 0.4) is 0 Å². The molecule has 0 saturated heterocycles.